The molecule has 8 rings (SSSR count). The molecule has 0 radical (unpaired) electrons. The minimum Gasteiger partial charge on any atom is -0.346 e. The molecule has 0 bridgehead atoms. The number of alkyl halides is 6. The number of hydrogen-bond donors (Lipinski definition) is 2. The molecule has 3 aromatic heterocycles. The fraction of sp³-hybridized carbons (Fsp3) is 0.389. The van der Waals surface area contributed by atoms with Crippen LogP contribution in [0, 0.1) is 24.5 Å². The number of nitrogens with one attached hydrogen (secondary N) is 2. The largest absolute Gasteiger partial charge is 0.346 e. The van der Waals surface area contributed by atoms with Crippen molar-refractivity contribution in [1.82, 2.24) is 29.9 Å². The summed E-state index contributed by atoms with van der Waals surface area (Å²) in [5, 5.41) is 9.77. The van der Waals surface area contributed by atoms with E-state index in [9.17, 15) is 39.6 Å². The van der Waals surface area contributed by atoms with E-state index >= 15 is 8.78 Å². The van der Waals surface area contributed by atoms with Crippen molar-refractivity contribution in [1.29, 1.82) is 0 Å². The van der Waals surface area contributed by atoms with Crippen molar-refractivity contribution >= 4 is 44.3 Å². The van der Waals surface area contributed by atoms with E-state index in [0.717, 1.165) is 16.8 Å². The third kappa shape index (κ3) is 6.85. The quantitative estimate of drug-likeness (QED) is 0.116. The van der Waals surface area contributed by atoms with Crippen LogP contribution in [-0.4, -0.2) is 50.5 Å². The Bertz CT molecular complexity index is 2500. The van der Waals surface area contributed by atoms with Gasteiger partial charge in [-0.05, 0) is 68.4 Å². The third-order valence-electron chi connectivity index (χ3n) is 10.2. The van der Waals surface area contributed by atoms with Crippen LogP contribution in [0.25, 0.3) is 22.0 Å². The number of halogens is 9. The number of carbonyl (C=O) groups is 1. The number of aromatic nitrogens is 5. The summed E-state index contributed by atoms with van der Waals surface area (Å²) in [6, 6.07) is 7.20. The molecular weight excluding hydrogens is 798 g/mol. The normalized spacial score (nSPS) is 19.1. The fourth-order valence-corrected chi connectivity index (χ4v) is 9.21. The minimum atomic E-state index is -3.95. The van der Waals surface area contributed by atoms with Gasteiger partial charge in [-0.25, -0.2) is 34.8 Å². The lowest BCUT2D eigenvalue weighted by Crippen LogP contribution is -2.35. The summed E-state index contributed by atoms with van der Waals surface area (Å²) in [6.45, 7) is -0.340. The van der Waals surface area contributed by atoms with Crippen molar-refractivity contribution in [3.63, 3.8) is 0 Å². The van der Waals surface area contributed by atoms with Crippen molar-refractivity contribution in [3.8, 4) is 11.1 Å². The van der Waals surface area contributed by atoms with Gasteiger partial charge in [0.1, 0.15) is 36.1 Å². The maximum Gasteiger partial charge on any atom is 0.293 e. The number of amides is 1. The lowest BCUT2D eigenvalue weighted by Gasteiger charge is -2.23. The molecule has 2 fully saturated rings. The molecule has 0 spiro atoms. The zero-order chi connectivity index (χ0) is 40.0. The van der Waals surface area contributed by atoms with E-state index in [1.165, 1.54) is 18.2 Å². The van der Waals surface area contributed by atoms with Gasteiger partial charge < -0.3 is 5.32 Å². The van der Waals surface area contributed by atoms with Crippen LogP contribution in [0.3, 0.4) is 0 Å². The molecule has 0 saturated heterocycles. The van der Waals surface area contributed by atoms with Crippen LogP contribution >= 0.6 is 11.6 Å². The number of aryl methyl sites for hydroxylation is 1. The van der Waals surface area contributed by atoms with Crippen LogP contribution < -0.4 is 10.0 Å². The van der Waals surface area contributed by atoms with Crippen LogP contribution in [0.4, 0.5) is 40.9 Å². The molecule has 1 unspecified atom stereocenters. The van der Waals surface area contributed by atoms with E-state index in [-0.39, 0.29) is 62.5 Å². The van der Waals surface area contributed by atoms with Crippen LogP contribution in [0.15, 0.2) is 42.5 Å². The van der Waals surface area contributed by atoms with Gasteiger partial charge in [-0.1, -0.05) is 23.7 Å². The molecule has 3 atom stereocenters. The molecule has 2 N–H and O–H groups in total. The van der Waals surface area contributed by atoms with Gasteiger partial charge in [0, 0.05) is 34.4 Å². The number of sulfonamides is 1. The highest BCUT2D eigenvalue weighted by molar-refractivity contribution is 7.93. The summed E-state index contributed by atoms with van der Waals surface area (Å²) in [4.78, 5) is 18.4. The molecule has 56 heavy (non-hydrogen) atoms. The molecule has 2 saturated carbocycles. The Hall–Kier alpha value is -4.78. The van der Waals surface area contributed by atoms with Gasteiger partial charge in [-0.3, -0.25) is 23.9 Å². The summed E-state index contributed by atoms with van der Waals surface area (Å²) in [5.74, 6) is -8.71. The van der Waals surface area contributed by atoms with Gasteiger partial charge in [-0.15, -0.1) is 0 Å². The molecule has 3 aliphatic rings. The predicted molar refractivity (Wildman–Crippen MR) is 187 cm³/mol. The number of hydrogen-bond acceptors (Lipinski definition) is 6. The Morgan fingerprint density at radius 3 is 2.34 bits per heavy atom. The summed E-state index contributed by atoms with van der Waals surface area (Å²) < 4.78 is 145. The summed E-state index contributed by atoms with van der Waals surface area (Å²) in [6.07, 6.45) is -5.71. The van der Waals surface area contributed by atoms with Gasteiger partial charge in [0.15, 0.2) is 5.82 Å². The van der Waals surface area contributed by atoms with E-state index < -0.39 is 93.9 Å². The summed E-state index contributed by atoms with van der Waals surface area (Å²) >= 11 is 6.57. The monoisotopic (exact) mass is 827 g/mol. The lowest BCUT2D eigenvalue weighted by molar-refractivity contribution is -0.123. The van der Waals surface area contributed by atoms with E-state index in [1.54, 1.807) is 13.0 Å². The average molecular weight is 828 g/mol. The first-order valence-electron chi connectivity index (χ1n) is 17.4. The van der Waals surface area contributed by atoms with Gasteiger partial charge in [0.05, 0.1) is 32.9 Å². The lowest BCUT2D eigenvalue weighted by atomic mass is 9.93. The maximum atomic E-state index is 15.3. The number of fused-ring (bicyclic) bond motifs is 4. The van der Waals surface area contributed by atoms with Crippen LogP contribution in [0.1, 0.15) is 71.6 Å². The molecule has 296 valence electrons. The Labute approximate surface area is 318 Å². The summed E-state index contributed by atoms with van der Waals surface area (Å²) in [7, 11) is -3.95. The average Bonchev–Trinajstić information content (AvgIpc) is 4.02. The minimum absolute atomic E-state index is 0.00769. The molecule has 1 amide bonds. The molecule has 0 aliphatic heterocycles. The van der Waals surface area contributed by atoms with Crippen molar-refractivity contribution in [2.45, 2.75) is 81.7 Å². The van der Waals surface area contributed by atoms with E-state index in [0.29, 0.717) is 29.3 Å². The second-order valence-corrected chi connectivity index (χ2v) is 16.6. The first kappa shape index (κ1) is 38.1. The Kier molecular flexibility index (Phi) is 9.33. The number of carbonyl (C=O) groups excluding carboxylic acids is 1. The first-order chi connectivity index (χ1) is 26.4. The van der Waals surface area contributed by atoms with Crippen LogP contribution in [0.5, 0.6) is 0 Å². The zero-order valence-corrected chi connectivity index (χ0v) is 30.6. The SMILES string of the molecule is Cc1ccc(-c2ccc(Cl)c3c(NS(=O)(=O)C4CC4)nn(CC(F)F)c23)c([C@H](Cc2cc(F)cc(F)c2)NC(=O)Cn2nc(C(F)F)c3c2C(F)(F)C2C[C@H]32)n1. The predicted octanol–water partition coefficient (Wildman–Crippen LogP) is 7.95. The second kappa shape index (κ2) is 13.7. The van der Waals surface area contributed by atoms with Crippen molar-refractivity contribution in [3.05, 3.63) is 93.0 Å². The molecule has 2 aromatic carbocycles. The maximum absolute atomic E-state index is 15.3. The first-order valence-corrected chi connectivity index (χ1v) is 19.3. The molecule has 3 aliphatic carbocycles. The molecule has 10 nitrogen and oxygen atoms in total. The zero-order valence-electron chi connectivity index (χ0n) is 29.0. The highest BCUT2D eigenvalue weighted by Gasteiger charge is 2.67. The van der Waals surface area contributed by atoms with Gasteiger partial charge in [0.2, 0.25) is 15.9 Å². The van der Waals surface area contributed by atoms with Crippen LogP contribution in [0.2, 0.25) is 5.02 Å². The molecule has 5 aromatic rings. The molecular formula is C36H30ClF8N7O3S. The Morgan fingerprint density at radius 1 is 0.982 bits per heavy atom. The van der Waals surface area contributed by atoms with E-state index in [1.807, 2.05) is 0 Å². The Morgan fingerprint density at radius 2 is 1.68 bits per heavy atom. The third-order valence-corrected chi connectivity index (χ3v) is 12.3. The number of pyridine rings is 1. The van der Waals surface area contributed by atoms with Crippen molar-refractivity contribution < 1.29 is 48.3 Å². The van der Waals surface area contributed by atoms with Gasteiger partial charge in [-0.2, -0.15) is 19.0 Å². The number of rotatable bonds is 13. The second-order valence-electron chi connectivity index (χ2n) is 14.3. The smallest absolute Gasteiger partial charge is 0.293 e. The number of nitrogens with zero attached hydrogens (tertiary/aromatic N) is 5. The highest BCUT2D eigenvalue weighted by Crippen LogP contribution is 2.68. The van der Waals surface area contributed by atoms with E-state index in [2.05, 4.69) is 25.2 Å². The van der Waals surface area contributed by atoms with E-state index in [4.69, 9.17) is 11.6 Å². The number of anilines is 1. The van der Waals surface area contributed by atoms with Gasteiger partial charge >= 0.3 is 0 Å². The standard InChI is InChI=1S/C36H30ClF8N7O3S/c1-15-2-5-20(21-6-7-24(37)29-32(21)51(13-26(40)41)49-35(29)50-56(54,55)19-3-4-19)30(46-15)25(10-16-8-17(38)11-18(39)9-16)47-27(53)14-52-33-28(31(48-52)34(42)43)22-12-23(22)36(33,44)45/h2,5-9,11,19,22-23,25-26,34H,3-4,10,12-14H2,1H3,(H,47,53)(H,49,50)/t22-,23?,25-/m0/s1. The van der Waals surface area contributed by atoms with Crippen molar-refractivity contribution in [2.24, 2.45) is 5.92 Å². The summed E-state index contributed by atoms with van der Waals surface area (Å²) in [5.41, 5.74) is -1.20. The Balaban J connectivity index is 1.24. The number of benzene rings is 2. The van der Waals surface area contributed by atoms with Gasteiger partial charge in [0.25, 0.3) is 18.8 Å². The molecule has 20 heteroatoms. The topological polar surface area (TPSA) is 124 Å². The molecule has 3 heterocycles. The highest BCUT2D eigenvalue weighted by atomic mass is 35.5. The van der Waals surface area contributed by atoms with Crippen molar-refractivity contribution in [2.75, 3.05) is 4.72 Å². The van der Waals surface area contributed by atoms with Crippen LogP contribution in [-0.2, 0) is 40.3 Å². The fourth-order valence-electron chi connectivity index (χ4n) is 7.63.